The molecule has 0 amide bonds. The first-order valence-electron chi connectivity index (χ1n) is 5.78. The van der Waals surface area contributed by atoms with E-state index in [1.54, 1.807) is 0 Å². The van der Waals surface area contributed by atoms with E-state index in [1.807, 2.05) is 39.2 Å². The molecule has 3 nitrogen and oxygen atoms in total. The summed E-state index contributed by atoms with van der Waals surface area (Å²) in [5, 5.41) is 0.650. The molecule has 0 aromatic heterocycles. The number of hydrogen-bond donors (Lipinski definition) is 1. The Morgan fingerprint density at radius 2 is 2.12 bits per heavy atom. The van der Waals surface area contributed by atoms with E-state index in [2.05, 4.69) is 4.90 Å². The number of benzene rings is 1. The molecule has 0 aliphatic heterocycles. The molecule has 4 heteroatoms. The van der Waals surface area contributed by atoms with Gasteiger partial charge in [0.2, 0.25) is 0 Å². The number of aryl methyl sites for hydroxylation is 1. The zero-order valence-corrected chi connectivity index (χ0v) is 11.5. The zero-order chi connectivity index (χ0) is 12.8. The summed E-state index contributed by atoms with van der Waals surface area (Å²) in [6.45, 7) is 3.48. The second kappa shape index (κ2) is 6.84. The van der Waals surface area contributed by atoms with Crippen LogP contribution < -0.4 is 10.5 Å². The van der Waals surface area contributed by atoms with Crippen molar-refractivity contribution in [3.8, 4) is 5.75 Å². The van der Waals surface area contributed by atoms with E-state index in [0.29, 0.717) is 11.6 Å². The van der Waals surface area contributed by atoms with Gasteiger partial charge < -0.3 is 15.4 Å². The summed E-state index contributed by atoms with van der Waals surface area (Å²) >= 11 is 6.03. The lowest BCUT2D eigenvalue weighted by atomic mass is 10.2. The van der Waals surface area contributed by atoms with Gasteiger partial charge >= 0.3 is 0 Å². The molecule has 1 aromatic rings. The van der Waals surface area contributed by atoms with Crippen LogP contribution in [-0.2, 0) is 0 Å². The van der Waals surface area contributed by atoms with Gasteiger partial charge in [-0.2, -0.15) is 0 Å². The van der Waals surface area contributed by atoms with Crippen LogP contribution in [0.25, 0.3) is 0 Å². The van der Waals surface area contributed by atoms with Crippen LogP contribution in [0.5, 0.6) is 5.75 Å². The number of likely N-dealkylation sites (N-methyl/N-ethyl adjacent to an activating group) is 1. The molecule has 1 unspecified atom stereocenters. The molecule has 1 atom stereocenters. The van der Waals surface area contributed by atoms with E-state index >= 15 is 0 Å². The first kappa shape index (κ1) is 14.3. The quantitative estimate of drug-likeness (QED) is 0.849. The second-order valence-electron chi connectivity index (χ2n) is 4.59. The molecule has 0 fully saturated rings. The molecule has 96 valence electrons. The van der Waals surface area contributed by atoms with Gasteiger partial charge in [0.25, 0.3) is 0 Å². The average molecular weight is 257 g/mol. The van der Waals surface area contributed by atoms with E-state index in [1.165, 1.54) is 0 Å². The lowest BCUT2D eigenvalue weighted by molar-refractivity contribution is 0.277. The summed E-state index contributed by atoms with van der Waals surface area (Å²) < 4.78 is 5.64. The Bertz CT molecular complexity index is 355. The summed E-state index contributed by atoms with van der Waals surface area (Å²) in [6.07, 6.45) is 0.822. The van der Waals surface area contributed by atoms with Crippen LogP contribution in [-0.4, -0.2) is 38.2 Å². The molecule has 0 spiro atoms. The Balaban J connectivity index is 2.38. The third-order valence-electron chi connectivity index (χ3n) is 2.43. The number of halogens is 1. The van der Waals surface area contributed by atoms with Crippen LogP contribution in [0, 0.1) is 6.92 Å². The summed E-state index contributed by atoms with van der Waals surface area (Å²) in [5.74, 6) is 0.740. The van der Waals surface area contributed by atoms with Crippen molar-refractivity contribution in [2.45, 2.75) is 19.4 Å². The fraction of sp³-hybridized carbons (Fsp3) is 0.538. The molecule has 0 radical (unpaired) electrons. The van der Waals surface area contributed by atoms with Gasteiger partial charge in [0, 0.05) is 12.6 Å². The van der Waals surface area contributed by atoms with Crippen LogP contribution in [0.4, 0.5) is 0 Å². The van der Waals surface area contributed by atoms with Gasteiger partial charge in [0.05, 0.1) is 11.6 Å². The number of hydrogen-bond acceptors (Lipinski definition) is 3. The Kier molecular flexibility index (Phi) is 5.75. The molecule has 0 saturated heterocycles. The van der Waals surface area contributed by atoms with Crippen LogP contribution in [0.15, 0.2) is 18.2 Å². The van der Waals surface area contributed by atoms with Crippen molar-refractivity contribution < 1.29 is 4.74 Å². The first-order chi connectivity index (χ1) is 7.99. The molecular formula is C13H21ClN2O. The lowest BCUT2D eigenvalue weighted by Crippen LogP contribution is -2.34. The van der Waals surface area contributed by atoms with Crippen molar-refractivity contribution >= 4 is 11.6 Å². The predicted octanol–water partition coefficient (Wildman–Crippen LogP) is 2.31. The number of rotatable bonds is 6. The highest BCUT2D eigenvalue weighted by atomic mass is 35.5. The van der Waals surface area contributed by atoms with E-state index in [-0.39, 0.29) is 6.04 Å². The maximum atomic E-state index is 6.03. The fourth-order valence-corrected chi connectivity index (χ4v) is 1.77. The van der Waals surface area contributed by atoms with Crippen LogP contribution in [0.2, 0.25) is 5.02 Å². The predicted molar refractivity (Wildman–Crippen MR) is 72.8 cm³/mol. The van der Waals surface area contributed by atoms with Crippen molar-refractivity contribution in [2.24, 2.45) is 5.73 Å². The Hall–Kier alpha value is -0.770. The van der Waals surface area contributed by atoms with Gasteiger partial charge in [-0.25, -0.2) is 0 Å². The minimum Gasteiger partial charge on any atom is -0.492 e. The topological polar surface area (TPSA) is 38.5 Å². The van der Waals surface area contributed by atoms with Gasteiger partial charge in [0.15, 0.2) is 0 Å². The average Bonchev–Trinajstić information content (AvgIpc) is 2.22. The van der Waals surface area contributed by atoms with Gasteiger partial charge in [-0.05, 0) is 45.1 Å². The van der Waals surface area contributed by atoms with E-state index in [0.717, 1.165) is 24.3 Å². The van der Waals surface area contributed by atoms with Gasteiger partial charge in [-0.1, -0.05) is 17.7 Å². The molecule has 1 aromatic carbocycles. The molecule has 0 aliphatic carbocycles. The standard InChI is InChI=1S/C13H21ClN2O/c1-10-4-5-12(14)13(8-10)17-7-6-11(15)9-16(2)3/h4-5,8,11H,6-7,9,15H2,1-3H3. The highest BCUT2D eigenvalue weighted by Crippen LogP contribution is 2.25. The third kappa shape index (κ3) is 5.39. The lowest BCUT2D eigenvalue weighted by Gasteiger charge is -2.17. The first-order valence-corrected chi connectivity index (χ1v) is 6.16. The zero-order valence-electron chi connectivity index (χ0n) is 10.7. The summed E-state index contributed by atoms with van der Waals surface area (Å²) in [4.78, 5) is 2.07. The molecule has 0 heterocycles. The van der Waals surface area contributed by atoms with Gasteiger partial charge in [-0.3, -0.25) is 0 Å². The fourth-order valence-electron chi connectivity index (χ4n) is 1.60. The van der Waals surface area contributed by atoms with Crippen LogP contribution in [0.1, 0.15) is 12.0 Å². The van der Waals surface area contributed by atoms with Crippen LogP contribution in [0.3, 0.4) is 0 Å². The molecular weight excluding hydrogens is 236 g/mol. The molecule has 2 N–H and O–H groups in total. The van der Waals surface area contributed by atoms with E-state index < -0.39 is 0 Å². The molecule has 1 rings (SSSR count). The van der Waals surface area contributed by atoms with Crippen molar-refractivity contribution in [2.75, 3.05) is 27.2 Å². The Morgan fingerprint density at radius 3 is 2.76 bits per heavy atom. The third-order valence-corrected chi connectivity index (χ3v) is 2.74. The largest absolute Gasteiger partial charge is 0.492 e. The van der Waals surface area contributed by atoms with Crippen molar-refractivity contribution in [1.29, 1.82) is 0 Å². The van der Waals surface area contributed by atoms with Crippen molar-refractivity contribution in [1.82, 2.24) is 4.90 Å². The number of nitrogens with two attached hydrogens (primary N) is 1. The molecule has 0 bridgehead atoms. The molecule has 0 aliphatic rings. The smallest absolute Gasteiger partial charge is 0.138 e. The monoisotopic (exact) mass is 256 g/mol. The van der Waals surface area contributed by atoms with E-state index in [4.69, 9.17) is 22.1 Å². The normalized spacial score (nSPS) is 12.8. The van der Waals surface area contributed by atoms with Gasteiger partial charge in [-0.15, -0.1) is 0 Å². The second-order valence-corrected chi connectivity index (χ2v) is 5.00. The highest BCUT2D eigenvalue weighted by Gasteiger charge is 2.06. The maximum Gasteiger partial charge on any atom is 0.138 e. The summed E-state index contributed by atoms with van der Waals surface area (Å²) in [7, 11) is 4.02. The van der Waals surface area contributed by atoms with Crippen LogP contribution >= 0.6 is 11.6 Å². The molecule has 0 saturated carbocycles. The summed E-state index contributed by atoms with van der Waals surface area (Å²) in [5.41, 5.74) is 7.09. The Morgan fingerprint density at radius 1 is 1.41 bits per heavy atom. The van der Waals surface area contributed by atoms with Gasteiger partial charge in [0.1, 0.15) is 5.75 Å². The minimum absolute atomic E-state index is 0.133. The summed E-state index contributed by atoms with van der Waals surface area (Å²) in [6, 6.07) is 5.90. The van der Waals surface area contributed by atoms with Crippen molar-refractivity contribution in [3.63, 3.8) is 0 Å². The maximum absolute atomic E-state index is 6.03. The van der Waals surface area contributed by atoms with E-state index in [9.17, 15) is 0 Å². The minimum atomic E-state index is 0.133. The highest BCUT2D eigenvalue weighted by molar-refractivity contribution is 6.32. The number of ether oxygens (including phenoxy) is 1. The number of nitrogens with zero attached hydrogens (tertiary/aromatic N) is 1. The SMILES string of the molecule is Cc1ccc(Cl)c(OCCC(N)CN(C)C)c1. The molecule has 17 heavy (non-hydrogen) atoms. The Labute approximate surface area is 109 Å². The van der Waals surface area contributed by atoms with Crippen molar-refractivity contribution in [3.05, 3.63) is 28.8 Å².